The molecule has 0 atom stereocenters. The van der Waals surface area contributed by atoms with E-state index in [0.29, 0.717) is 22.0 Å². The van der Waals surface area contributed by atoms with E-state index >= 15 is 0 Å². The third-order valence-electron chi connectivity index (χ3n) is 3.95. The average molecular weight is 476 g/mol. The van der Waals surface area contributed by atoms with Crippen molar-refractivity contribution in [3.8, 4) is 11.8 Å². The molecule has 0 aliphatic rings. The molecule has 0 radical (unpaired) electrons. The van der Waals surface area contributed by atoms with Crippen molar-refractivity contribution in [2.75, 3.05) is 16.6 Å². The molecule has 10 heteroatoms. The fourth-order valence-electron chi connectivity index (χ4n) is 2.49. The van der Waals surface area contributed by atoms with Crippen LogP contribution in [0.4, 0.5) is 11.4 Å². The van der Waals surface area contributed by atoms with E-state index in [9.17, 15) is 13.2 Å². The number of hydrogen-bond acceptors (Lipinski definition) is 5. The molecule has 0 saturated carbocycles. The van der Waals surface area contributed by atoms with Crippen molar-refractivity contribution < 1.29 is 17.9 Å². The van der Waals surface area contributed by atoms with Gasteiger partial charge in [-0.3, -0.25) is 9.52 Å². The van der Waals surface area contributed by atoms with Gasteiger partial charge in [0.1, 0.15) is 10.6 Å². The lowest BCUT2D eigenvalue weighted by molar-refractivity contribution is -0.118. The number of sulfonamides is 1. The second-order valence-corrected chi connectivity index (χ2v) is 8.73. The Morgan fingerprint density at radius 2 is 1.61 bits per heavy atom. The number of hydrogen-bond donors (Lipinski definition) is 2. The summed E-state index contributed by atoms with van der Waals surface area (Å²) in [6.45, 7) is -0.306. The Morgan fingerprint density at radius 3 is 2.26 bits per heavy atom. The van der Waals surface area contributed by atoms with Gasteiger partial charge < -0.3 is 10.1 Å². The monoisotopic (exact) mass is 475 g/mol. The van der Waals surface area contributed by atoms with Gasteiger partial charge >= 0.3 is 0 Å². The molecule has 0 spiro atoms. The molecule has 0 unspecified atom stereocenters. The molecule has 2 N–H and O–H groups in total. The van der Waals surface area contributed by atoms with Crippen molar-refractivity contribution in [2.45, 2.75) is 4.90 Å². The van der Waals surface area contributed by atoms with Gasteiger partial charge in [0.05, 0.1) is 16.7 Å². The molecule has 3 aromatic carbocycles. The minimum absolute atomic E-state index is 0.00621. The molecule has 0 heterocycles. The van der Waals surface area contributed by atoms with Crippen molar-refractivity contribution in [1.29, 1.82) is 5.26 Å². The van der Waals surface area contributed by atoms with Crippen molar-refractivity contribution in [3.05, 3.63) is 82.3 Å². The third-order valence-corrected chi connectivity index (χ3v) is 6.07. The van der Waals surface area contributed by atoms with Gasteiger partial charge in [-0.2, -0.15) is 5.26 Å². The van der Waals surface area contributed by atoms with Crippen LogP contribution in [0.2, 0.25) is 10.0 Å². The van der Waals surface area contributed by atoms with E-state index in [-0.39, 0.29) is 22.2 Å². The molecule has 7 nitrogen and oxygen atoms in total. The molecule has 0 bridgehead atoms. The van der Waals surface area contributed by atoms with E-state index in [2.05, 4.69) is 10.0 Å². The summed E-state index contributed by atoms with van der Waals surface area (Å²) in [5.74, 6) is -0.0821. The molecule has 31 heavy (non-hydrogen) atoms. The van der Waals surface area contributed by atoms with E-state index in [1.165, 1.54) is 30.3 Å². The fourth-order valence-corrected chi connectivity index (χ4v) is 4.20. The number of halogens is 2. The Morgan fingerprint density at radius 1 is 0.968 bits per heavy atom. The van der Waals surface area contributed by atoms with Crippen molar-refractivity contribution >= 4 is 50.5 Å². The quantitative estimate of drug-likeness (QED) is 0.515. The summed E-state index contributed by atoms with van der Waals surface area (Å²) in [5.41, 5.74) is 1.01. The number of carbonyl (C=O) groups is 1. The molecule has 158 valence electrons. The van der Waals surface area contributed by atoms with Crippen LogP contribution in [0.25, 0.3) is 0 Å². The fraction of sp³-hybridized carbons (Fsp3) is 0.0476. The van der Waals surface area contributed by atoms with Crippen molar-refractivity contribution in [2.24, 2.45) is 0 Å². The standard InChI is InChI=1S/C21H15Cl2N3O4S/c22-15-3-5-16(6-4-15)26-31(28,29)20-11-17(7-10-19(20)23)25-21(27)13-30-18-8-1-14(12-24)2-9-18/h1-11,26H,13H2,(H,25,27). The molecule has 0 aromatic heterocycles. The number of benzene rings is 3. The predicted octanol–water partition coefficient (Wildman–Crippen LogP) is 4.68. The largest absolute Gasteiger partial charge is 0.484 e. The summed E-state index contributed by atoms with van der Waals surface area (Å²) in [5, 5.41) is 11.8. The van der Waals surface area contributed by atoms with E-state index in [0.717, 1.165) is 0 Å². The normalized spacial score (nSPS) is 10.7. The highest BCUT2D eigenvalue weighted by molar-refractivity contribution is 7.92. The smallest absolute Gasteiger partial charge is 0.263 e. The van der Waals surface area contributed by atoms with Crippen LogP contribution in [0.5, 0.6) is 5.75 Å². The molecule has 3 rings (SSSR count). The third kappa shape index (κ3) is 6.12. The summed E-state index contributed by atoms with van der Waals surface area (Å²) in [6, 6.07) is 18.5. The Hall–Kier alpha value is -3.25. The second kappa shape index (κ2) is 9.71. The Bertz CT molecular complexity index is 1240. The van der Waals surface area contributed by atoms with Crippen LogP contribution in [-0.2, 0) is 14.8 Å². The topological polar surface area (TPSA) is 108 Å². The molecule has 0 aliphatic heterocycles. The first-order valence-electron chi connectivity index (χ1n) is 8.77. The summed E-state index contributed by atoms with van der Waals surface area (Å²) in [4.78, 5) is 12.0. The van der Waals surface area contributed by atoms with Gasteiger partial charge in [-0.05, 0) is 66.7 Å². The number of amides is 1. The number of anilines is 2. The molecule has 1 amide bonds. The van der Waals surface area contributed by atoms with Crippen LogP contribution >= 0.6 is 23.2 Å². The van der Waals surface area contributed by atoms with Gasteiger partial charge in [-0.1, -0.05) is 23.2 Å². The Labute approximate surface area is 189 Å². The molecular formula is C21H15Cl2N3O4S. The first-order valence-corrected chi connectivity index (χ1v) is 11.0. The van der Waals surface area contributed by atoms with Gasteiger partial charge in [-0.15, -0.1) is 0 Å². The summed E-state index contributed by atoms with van der Waals surface area (Å²) >= 11 is 11.9. The first-order chi connectivity index (χ1) is 14.8. The van der Waals surface area contributed by atoms with Crippen LogP contribution < -0.4 is 14.8 Å². The number of rotatable bonds is 7. The lowest BCUT2D eigenvalue weighted by Crippen LogP contribution is -2.20. The van der Waals surface area contributed by atoms with Crippen LogP contribution in [0.3, 0.4) is 0 Å². The number of carbonyl (C=O) groups excluding carboxylic acids is 1. The molecule has 3 aromatic rings. The molecular weight excluding hydrogens is 461 g/mol. The lowest BCUT2D eigenvalue weighted by atomic mass is 10.2. The van der Waals surface area contributed by atoms with E-state index in [4.69, 9.17) is 33.2 Å². The first kappa shape index (κ1) is 22.4. The van der Waals surface area contributed by atoms with Gasteiger partial charge in [0, 0.05) is 16.4 Å². The minimum Gasteiger partial charge on any atom is -0.484 e. The minimum atomic E-state index is -4.01. The zero-order chi connectivity index (χ0) is 22.4. The molecule has 0 fully saturated rings. The van der Waals surface area contributed by atoms with E-state index < -0.39 is 15.9 Å². The van der Waals surface area contributed by atoms with Crippen molar-refractivity contribution in [1.82, 2.24) is 0 Å². The molecule has 0 aliphatic carbocycles. The zero-order valence-electron chi connectivity index (χ0n) is 15.8. The van der Waals surface area contributed by atoms with E-state index in [1.807, 2.05) is 6.07 Å². The number of nitriles is 1. The van der Waals surface area contributed by atoms with Crippen molar-refractivity contribution in [3.63, 3.8) is 0 Å². The average Bonchev–Trinajstić information content (AvgIpc) is 2.75. The highest BCUT2D eigenvalue weighted by Crippen LogP contribution is 2.27. The maximum absolute atomic E-state index is 12.7. The summed E-state index contributed by atoms with van der Waals surface area (Å²) in [6.07, 6.45) is 0. The second-order valence-electron chi connectivity index (χ2n) is 6.23. The van der Waals surface area contributed by atoms with Gasteiger partial charge in [0.2, 0.25) is 0 Å². The van der Waals surface area contributed by atoms with Gasteiger partial charge in [0.25, 0.3) is 15.9 Å². The predicted molar refractivity (Wildman–Crippen MR) is 119 cm³/mol. The number of nitrogens with zero attached hydrogens (tertiary/aromatic N) is 1. The number of nitrogens with one attached hydrogen (secondary N) is 2. The Balaban J connectivity index is 1.68. The SMILES string of the molecule is N#Cc1ccc(OCC(=O)Nc2ccc(Cl)c(S(=O)(=O)Nc3ccc(Cl)cc3)c2)cc1. The van der Waals surface area contributed by atoms with Crippen LogP contribution in [0, 0.1) is 11.3 Å². The van der Waals surface area contributed by atoms with Gasteiger partial charge in [0.15, 0.2) is 6.61 Å². The van der Waals surface area contributed by atoms with Crippen LogP contribution in [-0.4, -0.2) is 20.9 Å². The van der Waals surface area contributed by atoms with Crippen LogP contribution in [0.1, 0.15) is 5.56 Å². The highest BCUT2D eigenvalue weighted by Gasteiger charge is 2.19. The summed E-state index contributed by atoms with van der Waals surface area (Å²) in [7, 11) is -4.01. The molecule has 0 saturated heterocycles. The van der Waals surface area contributed by atoms with Gasteiger partial charge in [-0.25, -0.2) is 8.42 Å². The van der Waals surface area contributed by atoms with E-state index in [1.54, 1.807) is 36.4 Å². The Kier molecular flexibility index (Phi) is 7.02. The highest BCUT2D eigenvalue weighted by atomic mass is 35.5. The maximum Gasteiger partial charge on any atom is 0.263 e. The van der Waals surface area contributed by atoms with Crippen LogP contribution in [0.15, 0.2) is 71.6 Å². The number of ether oxygens (including phenoxy) is 1. The zero-order valence-corrected chi connectivity index (χ0v) is 18.1. The lowest BCUT2D eigenvalue weighted by Gasteiger charge is -2.12. The summed E-state index contributed by atoms with van der Waals surface area (Å²) < 4.78 is 33.2. The maximum atomic E-state index is 12.7.